The topological polar surface area (TPSA) is 28.6 Å². The molecule has 0 amide bonds. The average molecular weight is 360 g/mol. The van der Waals surface area contributed by atoms with Crippen LogP contribution in [-0.4, -0.2) is 60.7 Å². The monoisotopic (exact) mass is 359 g/mol. The molecule has 1 fully saturated rings. The standard InChI is InChI=1S/C20H26ClN3O/c1-17-15-19(21)4-5-20(17)25-14-13-24-11-9-23(10-12-24)8-6-18-3-2-7-22-16-18/h2-5,7,15-16H,6,8-14H2,1H3. The van der Waals surface area contributed by atoms with Crippen molar-refractivity contribution in [3.8, 4) is 5.75 Å². The van der Waals surface area contributed by atoms with E-state index in [0.29, 0.717) is 0 Å². The molecule has 134 valence electrons. The minimum absolute atomic E-state index is 0.720. The zero-order valence-corrected chi connectivity index (χ0v) is 15.6. The Hall–Kier alpha value is -1.62. The molecule has 2 aromatic rings. The van der Waals surface area contributed by atoms with E-state index in [4.69, 9.17) is 16.3 Å². The van der Waals surface area contributed by atoms with Crippen LogP contribution in [0.4, 0.5) is 0 Å². The van der Waals surface area contributed by atoms with Crippen molar-refractivity contribution in [1.29, 1.82) is 0 Å². The Labute approximate surface area is 155 Å². The third-order valence-corrected chi connectivity index (χ3v) is 4.94. The Morgan fingerprint density at radius 2 is 1.84 bits per heavy atom. The second-order valence-corrected chi connectivity index (χ2v) is 6.99. The highest BCUT2D eigenvalue weighted by molar-refractivity contribution is 6.30. The maximum absolute atomic E-state index is 5.98. The van der Waals surface area contributed by atoms with E-state index in [9.17, 15) is 0 Å². The summed E-state index contributed by atoms with van der Waals surface area (Å²) in [4.78, 5) is 9.20. The van der Waals surface area contributed by atoms with Gasteiger partial charge in [0.1, 0.15) is 12.4 Å². The van der Waals surface area contributed by atoms with E-state index in [0.717, 1.165) is 68.6 Å². The van der Waals surface area contributed by atoms with E-state index < -0.39 is 0 Å². The third kappa shape index (κ3) is 5.70. The van der Waals surface area contributed by atoms with Gasteiger partial charge in [-0.25, -0.2) is 0 Å². The molecular formula is C20H26ClN3O. The van der Waals surface area contributed by atoms with E-state index in [1.807, 2.05) is 43.6 Å². The van der Waals surface area contributed by atoms with Crippen LogP contribution in [0.25, 0.3) is 0 Å². The van der Waals surface area contributed by atoms with Crippen LogP contribution in [0.1, 0.15) is 11.1 Å². The molecule has 1 saturated heterocycles. The predicted octanol–water partition coefficient (Wildman–Crippen LogP) is 3.28. The minimum Gasteiger partial charge on any atom is -0.492 e. The SMILES string of the molecule is Cc1cc(Cl)ccc1OCCN1CCN(CCc2cccnc2)CC1. The van der Waals surface area contributed by atoms with E-state index in [1.165, 1.54) is 5.56 Å². The number of benzene rings is 1. The van der Waals surface area contributed by atoms with Crippen molar-refractivity contribution in [3.05, 3.63) is 58.9 Å². The summed E-state index contributed by atoms with van der Waals surface area (Å²) < 4.78 is 5.91. The number of aromatic nitrogens is 1. The van der Waals surface area contributed by atoms with Gasteiger partial charge in [-0.3, -0.25) is 9.88 Å². The summed E-state index contributed by atoms with van der Waals surface area (Å²) in [7, 11) is 0. The summed E-state index contributed by atoms with van der Waals surface area (Å²) in [6.45, 7) is 9.30. The predicted molar refractivity (Wildman–Crippen MR) is 103 cm³/mol. The fourth-order valence-electron chi connectivity index (χ4n) is 3.13. The Morgan fingerprint density at radius 1 is 1.08 bits per heavy atom. The highest BCUT2D eigenvalue weighted by Gasteiger charge is 2.16. The first-order valence-electron chi connectivity index (χ1n) is 8.93. The third-order valence-electron chi connectivity index (χ3n) is 4.71. The maximum Gasteiger partial charge on any atom is 0.122 e. The van der Waals surface area contributed by atoms with E-state index in [-0.39, 0.29) is 0 Å². The summed E-state index contributed by atoms with van der Waals surface area (Å²) in [5, 5.41) is 0.757. The first kappa shape index (κ1) is 18.2. The van der Waals surface area contributed by atoms with Gasteiger partial charge < -0.3 is 9.64 Å². The molecule has 2 heterocycles. The number of ether oxygens (including phenoxy) is 1. The molecule has 0 aliphatic carbocycles. The normalized spacial score (nSPS) is 16.1. The number of pyridine rings is 1. The van der Waals surface area contributed by atoms with Gasteiger partial charge in [-0.15, -0.1) is 0 Å². The van der Waals surface area contributed by atoms with E-state index in [1.54, 1.807) is 0 Å². The van der Waals surface area contributed by atoms with Crippen LogP contribution in [0, 0.1) is 6.92 Å². The van der Waals surface area contributed by atoms with Crippen LogP contribution in [0.2, 0.25) is 5.02 Å². The summed E-state index contributed by atoms with van der Waals surface area (Å²) in [5.74, 6) is 0.930. The molecule has 1 aromatic carbocycles. The number of hydrogen-bond acceptors (Lipinski definition) is 4. The summed E-state index contributed by atoms with van der Waals surface area (Å²) in [6, 6.07) is 9.94. The molecule has 4 nitrogen and oxygen atoms in total. The highest BCUT2D eigenvalue weighted by atomic mass is 35.5. The number of nitrogens with zero attached hydrogens (tertiary/aromatic N) is 3. The number of halogens is 1. The fourth-order valence-corrected chi connectivity index (χ4v) is 3.36. The van der Waals surface area contributed by atoms with Crippen molar-refractivity contribution in [3.63, 3.8) is 0 Å². The van der Waals surface area contributed by atoms with Gasteiger partial charge in [-0.1, -0.05) is 17.7 Å². The van der Waals surface area contributed by atoms with Crippen LogP contribution < -0.4 is 4.74 Å². The van der Waals surface area contributed by atoms with Gasteiger partial charge in [0.2, 0.25) is 0 Å². The lowest BCUT2D eigenvalue weighted by Gasteiger charge is -2.34. The molecule has 5 heteroatoms. The van der Waals surface area contributed by atoms with Crippen LogP contribution in [0.5, 0.6) is 5.75 Å². The highest BCUT2D eigenvalue weighted by Crippen LogP contribution is 2.21. The molecule has 1 aliphatic rings. The van der Waals surface area contributed by atoms with Crippen LogP contribution in [0.15, 0.2) is 42.7 Å². The van der Waals surface area contributed by atoms with Crippen molar-refractivity contribution in [2.45, 2.75) is 13.3 Å². The number of rotatable bonds is 7. The molecule has 0 unspecified atom stereocenters. The first-order chi connectivity index (χ1) is 12.2. The maximum atomic E-state index is 5.98. The summed E-state index contributed by atoms with van der Waals surface area (Å²) in [5.41, 5.74) is 2.41. The molecule has 0 bridgehead atoms. The fraction of sp³-hybridized carbons (Fsp3) is 0.450. The Bertz CT molecular complexity index is 657. The number of piperazine rings is 1. The van der Waals surface area contributed by atoms with Crippen molar-refractivity contribution in [1.82, 2.24) is 14.8 Å². The van der Waals surface area contributed by atoms with Crippen LogP contribution >= 0.6 is 11.6 Å². The van der Waals surface area contributed by atoms with Gasteiger partial charge in [-0.2, -0.15) is 0 Å². The Kier molecular flexibility index (Phi) is 6.68. The van der Waals surface area contributed by atoms with Gasteiger partial charge in [0.05, 0.1) is 0 Å². The molecule has 3 rings (SSSR count). The largest absolute Gasteiger partial charge is 0.492 e. The lowest BCUT2D eigenvalue weighted by atomic mass is 10.2. The number of aryl methyl sites for hydroxylation is 1. The van der Waals surface area contributed by atoms with Crippen molar-refractivity contribution >= 4 is 11.6 Å². The molecule has 25 heavy (non-hydrogen) atoms. The Balaban J connectivity index is 1.34. The summed E-state index contributed by atoms with van der Waals surface area (Å²) in [6.07, 6.45) is 4.87. The van der Waals surface area contributed by atoms with Gasteiger partial charge in [-0.05, 0) is 48.7 Å². The number of hydrogen-bond donors (Lipinski definition) is 0. The Morgan fingerprint density at radius 3 is 2.52 bits per heavy atom. The second kappa shape index (κ2) is 9.18. The second-order valence-electron chi connectivity index (χ2n) is 6.55. The molecule has 0 atom stereocenters. The molecule has 0 radical (unpaired) electrons. The molecular weight excluding hydrogens is 334 g/mol. The summed E-state index contributed by atoms with van der Waals surface area (Å²) >= 11 is 5.98. The van der Waals surface area contributed by atoms with Gasteiger partial charge in [0.25, 0.3) is 0 Å². The van der Waals surface area contributed by atoms with Gasteiger partial charge in [0, 0.05) is 56.7 Å². The molecule has 0 N–H and O–H groups in total. The zero-order chi connectivity index (χ0) is 17.5. The molecule has 1 aliphatic heterocycles. The molecule has 0 spiro atoms. The molecule has 0 saturated carbocycles. The van der Waals surface area contributed by atoms with Gasteiger partial charge >= 0.3 is 0 Å². The zero-order valence-electron chi connectivity index (χ0n) is 14.8. The quantitative estimate of drug-likeness (QED) is 0.758. The average Bonchev–Trinajstić information content (AvgIpc) is 2.64. The van der Waals surface area contributed by atoms with Crippen LogP contribution in [0.3, 0.4) is 0 Å². The van der Waals surface area contributed by atoms with Gasteiger partial charge in [0.15, 0.2) is 0 Å². The first-order valence-corrected chi connectivity index (χ1v) is 9.31. The lowest BCUT2D eigenvalue weighted by Crippen LogP contribution is -2.47. The lowest BCUT2D eigenvalue weighted by molar-refractivity contribution is 0.117. The van der Waals surface area contributed by atoms with Crippen molar-refractivity contribution in [2.24, 2.45) is 0 Å². The smallest absolute Gasteiger partial charge is 0.122 e. The van der Waals surface area contributed by atoms with E-state index >= 15 is 0 Å². The minimum atomic E-state index is 0.720. The van der Waals surface area contributed by atoms with Crippen LogP contribution in [-0.2, 0) is 6.42 Å². The van der Waals surface area contributed by atoms with Crippen molar-refractivity contribution in [2.75, 3.05) is 45.9 Å². The van der Waals surface area contributed by atoms with E-state index in [2.05, 4.69) is 20.9 Å². The van der Waals surface area contributed by atoms with Crippen molar-refractivity contribution < 1.29 is 4.74 Å². The molecule has 1 aromatic heterocycles.